The molecular formula is C16H16N2O. The van der Waals surface area contributed by atoms with E-state index < -0.39 is 0 Å². The molecule has 96 valence electrons. The van der Waals surface area contributed by atoms with Crippen molar-refractivity contribution in [1.29, 1.82) is 0 Å². The first-order valence-corrected chi connectivity index (χ1v) is 6.12. The van der Waals surface area contributed by atoms with Crippen molar-refractivity contribution in [1.82, 2.24) is 4.98 Å². The Morgan fingerprint density at radius 3 is 2.53 bits per heavy atom. The molecule has 3 nitrogen and oxygen atoms in total. The van der Waals surface area contributed by atoms with Gasteiger partial charge in [-0.15, -0.1) is 0 Å². The van der Waals surface area contributed by atoms with Crippen LogP contribution in [0.4, 0.5) is 5.69 Å². The fourth-order valence-electron chi connectivity index (χ4n) is 1.83. The SMILES string of the molecule is [C-]#[N+]c1cccnc1Oc1ccccc1C(C)(C)C. The highest BCUT2D eigenvalue weighted by Gasteiger charge is 2.19. The smallest absolute Gasteiger partial charge is 0.247 e. The third-order valence-corrected chi connectivity index (χ3v) is 2.77. The molecule has 0 aliphatic rings. The van der Waals surface area contributed by atoms with Gasteiger partial charge in [0.2, 0.25) is 11.6 Å². The van der Waals surface area contributed by atoms with Gasteiger partial charge in [-0.1, -0.05) is 45.0 Å². The molecule has 0 amide bonds. The van der Waals surface area contributed by atoms with Crippen LogP contribution >= 0.6 is 0 Å². The number of benzene rings is 1. The average molecular weight is 252 g/mol. The van der Waals surface area contributed by atoms with Crippen LogP contribution in [0.2, 0.25) is 0 Å². The second-order valence-corrected chi connectivity index (χ2v) is 5.29. The topological polar surface area (TPSA) is 26.5 Å². The van der Waals surface area contributed by atoms with Gasteiger partial charge in [-0.05, 0) is 17.5 Å². The minimum Gasteiger partial charge on any atom is -0.449 e. The van der Waals surface area contributed by atoms with Gasteiger partial charge in [0.05, 0.1) is 6.57 Å². The maximum atomic E-state index is 7.13. The van der Waals surface area contributed by atoms with Gasteiger partial charge in [0.25, 0.3) is 0 Å². The van der Waals surface area contributed by atoms with Crippen molar-refractivity contribution in [2.45, 2.75) is 26.2 Å². The highest BCUT2D eigenvalue weighted by atomic mass is 16.5. The second-order valence-electron chi connectivity index (χ2n) is 5.29. The summed E-state index contributed by atoms with van der Waals surface area (Å²) in [7, 11) is 0. The Hall–Kier alpha value is -2.34. The Morgan fingerprint density at radius 1 is 1.11 bits per heavy atom. The van der Waals surface area contributed by atoms with Gasteiger partial charge in [0, 0.05) is 11.8 Å². The van der Waals surface area contributed by atoms with E-state index in [4.69, 9.17) is 11.3 Å². The van der Waals surface area contributed by atoms with E-state index in [1.807, 2.05) is 24.3 Å². The molecule has 0 saturated heterocycles. The number of ether oxygens (including phenoxy) is 1. The standard InChI is InChI=1S/C16H16N2O/c1-16(2,3)12-8-5-6-10-14(12)19-15-13(17-4)9-7-11-18-15/h5-11H,1-3H3. The summed E-state index contributed by atoms with van der Waals surface area (Å²) in [5.41, 5.74) is 1.49. The summed E-state index contributed by atoms with van der Waals surface area (Å²) in [6.45, 7) is 13.5. The largest absolute Gasteiger partial charge is 0.449 e. The number of pyridine rings is 1. The van der Waals surface area contributed by atoms with Crippen LogP contribution in [0.15, 0.2) is 42.6 Å². The van der Waals surface area contributed by atoms with Crippen LogP contribution in [0.5, 0.6) is 11.6 Å². The van der Waals surface area contributed by atoms with E-state index in [-0.39, 0.29) is 5.41 Å². The van der Waals surface area contributed by atoms with Crippen molar-refractivity contribution in [3.05, 3.63) is 59.6 Å². The van der Waals surface area contributed by atoms with Crippen molar-refractivity contribution in [3.8, 4) is 11.6 Å². The molecule has 3 heteroatoms. The van der Waals surface area contributed by atoms with Gasteiger partial charge in [0.1, 0.15) is 5.75 Å². The Morgan fingerprint density at radius 2 is 1.84 bits per heavy atom. The number of nitrogens with zero attached hydrogens (tertiary/aromatic N) is 2. The molecule has 0 N–H and O–H groups in total. The normalized spacial score (nSPS) is 10.8. The fraction of sp³-hybridized carbons (Fsp3) is 0.250. The molecule has 0 aliphatic carbocycles. The molecule has 0 saturated carbocycles. The van der Waals surface area contributed by atoms with Crippen molar-refractivity contribution in [3.63, 3.8) is 0 Å². The highest BCUT2D eigenvalue weighted by Crippen LogP contribution is 2.36. The van der Waals surface area contributed by atoms with Gasteiger partial charge < -0.3 is 4.74 Å². The Bertz CT molecular complexity index is 621. The quantitative estimate of drug-likeness (QED) is 0.723. The van der Waals surface area contributed by atoms with E-state index in [1.54, 1.807) is 18.3 Å². The van der Waals surface area contributed by atoms with Gasteiger partial charge in [-0.2, -0.15) is 0 Å². The summed E-state index contributed by atoms with van der Waals surface area (Å²) in [6, 6.07) is 11.3. The molecule has 0 atom stereocenters. The van der Waals surface area contributed by atoms with Crippen molar-refractivity contribution >= 4 is 5.69 Å². The maximum absolute atomic E-state index is 7.13. The summed E-state index contributed by atoms with van der Waals surface area (Å²) in [4.78, 5) is 7.55. The predicted molar refractivity (Wildman–Crippen MR) is 75.7 cm³/mol. The van der Waals surface area contributed by atoms with E-state index in [0.717, 1.165) is 11.3 Å². The summed E-state index contributed by atoms with van der Waals surface area (Å²) in [5, 5.41) is 0. The molecule has 19 heavy (non-hydrogen) atoms. The average Bonchev–Trinajstić information content (AvgIpc) is 2.39. The molecule has 1 aromatic heterocycles. The van der Waals surface area contributed by atoms with Crippen LogP contribution in [0.25, 0.3) is 4.85 Å². The third kappa shape index (κ3) is 2.92. The van der Waals surface area contributed by atoms with Crippen LogP contribution in [0.1, 0.15) is 26.3 Å². The third-order valence-electron chi connectivity index (χ3n) is 2.77. The lowest BCUT2D eigenvalue weighted by molar-refractivity contribution is 0.442. The lowest BCUT2D eigenvalue weighted by Crippen LogP contribution is -2.12. The summed E-state index contributed by atoms with van der Waals surface area (Å²) >= 11 is 0. The summed E-state index contributed by atoms with van der Waals surface area (Å²) in [6.07, 6.45) is 1.63. The minimum absolute atomic E-state index is 0.0242. The lowest BCUT2D eigenvalue weighted by atomic mass is 9.86. The minimum atomic E-state index is -0.0242. The van der Waals surface area contributed by atoms with Gasteiger partial charge in [-0.3, -0.25) is 0 Å². The van der Waals surface area contributed by atoms with Crippen LogP contribution in [-0.4, -0.2) is 4.98 Å². The first-order chi connectivity index (χ1) is 9.02. The van der Waals surface area contributed by atoms with Gasteiger partial charge in [-0.25, -0.2) is 9.83 Å². The van der Waals surface area contributed by atoms with Crippen LogP contribution in [0, 0.1) is 6.57 Å². The van der Waals surface area contributed by atoms with Crippen molar-refractivity contribution in [2.24, 2.45) is 0 Å². The monoisotopic (exact) mass is 252 g/mol. The van der Waals surface area contributed by atoms with E-state index in [1.165, 1.54) is 0 Å². The van der Waals surface area contributed by atoms with Crippen LogP contribution in [0.3, 0.4) is 0 Å². The van der Waals surface area contributed by atoms with Crippen molar-refractivity contribution in [2.75, 3.05) is 0 Å². The number of para-hydroxylation sites is 1. The summed E-state index contributed by atoms with van der Waals surface area (Å²) in [5.74, 6) is 1.10. The number of aromatic nitrogens is 1. The number of hydrogen-bond donors (Lipinski definition) is 0. The lowest BCUT2D eigenvalue weighted by Gasteiger charge is -2.22. The van der Waals surface area contributed by atoms with E-state index in [0.29, 0.717) is 11.6 Å². The first-order valence-electron chi connectivity index (χ1n) is 6.12. The Kier molecular flexibility index (Phi) is 3.52. The molecular weight excluding hydrogens is 236 g/mol. The Labute approximate surface area is 113 Å². The number of hydrogen-bond acceptors (Lipinski definition) is 2. The molecule has 0 radical (unpaired) electrons. The zero-order valence-electron chi connectivity index (χ0n) is 11.3. The van der Waals surface area contributed by atoms with Crippen LogP contribution in [-0.2, 0) is 5.41 Å². The van der Waals surface area contributed by atoms with Gasteiger partial charge >= 0.3 is 0 Å². The summed E-state index contributed by atoms with van der Waals surface area (Å²) < 4.78 is 5.83. The van der Waals surface area contributed by atoms with Gasteiger partial charge in [0.15, 0.2) is 0 Å². The molecule has 1 aromatic carbocycles. The molecule has 0 unspecified atom stereocenters. The molecule has 0 spiro atoms. The molecule has 0 aliphatic heterocycles. The first kappa shape index (κ1) is 13.1. The zero-order chi connectivity index (χ0) is 13.9. The van der Waals surface area contributed by atoms with E-state index in [2.05, 4.69) is 30.6 Å². The molecule has 0 bridgehead atoms. The molecule has 2 rings (SSSR count). The molecule has 2 aromatic rings. The molecule has 0 fully saturated rings. The predicted octanol–water partition coefficient (Wildman–Crippen LogP) is 4.72. The van der Waals surface area contributed by atoms with E-state index >= 15 is 0 Å². The number of rotatable bonds is 2. The van der Waals surface area contributed by atoms with E-state index in [9.17, 15) is 0 Å². The second kappa shape index (κ2) is 5.11. The van der Waals surface area contributed by atoms with Crippen molar-refractivity contribution < 1.29 is 4.74 Å². The van der Waals surface area contributed by atoms with Crippen LogP contribution < -0.4 is 4.74 Å². The maximum Gasteiger partial charge on any atom is 0.247 e. The molecule has 1 heterocycles. The highest BCUT2D eigenvalue weighted by molar-refractivity contribution is 5.55. The Balaban J connectivity index is 2.43. The zero-order valence-corrected chi connectivity index (χ0v) is 11.3. The fourth-order valence-corrected chi connectivity index (χ4v) is 1.83.